The molecule has 0 unspecified atom stereocenters. The Morgan fingerprint density at radius 2 is 2.00 bits per heavy atom. The molecule has 0 saturated carbocycles. The first-order valence-electron chi connectivity index (χ1n) is 7.75. The van der Waals surface area contributed by atoms with Crippen molar-refractivity contribution in [1.29, 1.82) is 0 Å². The molecule has 2 rings (SSSR count). The van der Waals surface area contributed by atoms with Gasteiger partial charge in [0.2, 0.25) is 0 Å². The average molecular weight is 336 g/mol. The summed E-state index contributed by atoms with van der Waals surface area (Å²) in [5, 5.41) is 9.80. The molecule has 1 aliphatic heterocycles. The molecule has 1 heterocycles. The van der Waals surface area contributed by atoms with Crippen LogP contribution in [0.4, 0.5) is 0 Å². The summed E-state index contributed by atoms with van der Waals surface area (Å²) >= 11 is 0. The van der Waals surface area contributed by atoms with Crippen molar-refractivity contribution in [2.24, 2.45) is 0 Å². The molecule has 1 saturated heterocycles. The molecule has 7 nitrogen and oxygen atoms in total. The third-order valence-electron chi connectivity index (χ3n) is 4.44. The van der Waals surface area contributed by atoms with Gasteiger partial charge in [0.1, 0.15) is 17.4 Å². The largest absolute Gasteiger partial charge is 0.507 e. The van der Waals surface area contributed by atoms with Crippen LogP contribution >= 0.6 is 0 Å². The summed E-state index contributed by atoms with van der Waals surface area (Å²) in [7, 11) is 6.63. The van der Waals surface area contributed by atoms with E-state index in [9.17, 15) is 14.7 Å². The molecule has 2 atom stereocenters. The van der Waals surface area contributed by atoms with Crippen LogP contribution in [0.3, 0.4) is 0 Å². The Hall–Kier alpha value is -2.12. The maximum absolute atomic E-state index is 12.1. The number of likely N-dealkylation sites (N-methyl/N-ethyl adjacent to an activating group) is 1. The third kappa shape index (κ3) is 3.85. The van der Waals surface area contributed by atoms with Crippen LogP contribution in [0.2, 0.25) is 0 Å². The first kappa shape index (κ1) is 18.2. The summed E-state index contributed by atoms with van der Waals surface area (Å²) in [6.07, 6.45) is 0.696. The maximum Gasteiger partial charge on any atom is 0.341 e. The molecule has 0 bridgehead atoms. The highest BCUT2D eigenvalue weighted by atomic mass is 16.5. The molecule has 1 aromatic rings. The summed E-state index contributed by atoms with van der Waals surface area (Å²) < 4.78 is 9.59. The molecular weight excluding hydrogens is 312 g/mol. The Kier molecular flexibility index (Phi) is 5.80. The minimum atomic E-state index is -0.591. The fraction of sp³-hybridized carbons (Fsp3) is 0.529. The van der Waals surface area contributed by atoms with Gasteiger partial charge in [0.15, 0.2) is 0 Å². The minimum absolute atomic E-state index is 0.118. The van der Waals surface area contributed by atoms with E-state index in [0.29, 0.717) is 13.0 Å². The van der Waals surface area contributed by atoms with Crippen molar-refractivity contribution in [1.82, 2.24) is 9.80 Å². The summed E-state index contributed by atoms with van der Waals surface area (Å²) in [6.45, 7) is 1.20. The topological polar surface area (TPSA) is 79.3 Å². The molecular formula is C17H24N2O5. The van der Waals surface area contributed by atoms with Gasteiger partial charge >= 0.3 is 11.9 Å². The molecule has 0 amide bonds. The van der Waals surface area contributed by atoms with Crippen LogP contribution in [0.5, 0.6) is 5.75 Å². The van der Waals surface area contributed by atoms with E-state index in [1.807, 2.05) is 19.0 Å². The number of hydrogen-bond donors (Lipinski definition) is 1. The van der Waals surface area contributed by atoms with Crippen molar-refractivity contribution < 1.29 is 24.2 Å². The number of carbonyl (C=O) groups is 2. The van der Waals surface area contributed by atoms with Crippen molar-refractivity contribution in [2.45, 2.75) is 25.0 Å². The number of benzene rings is 1. The SMILES string of the molecule is COC(=O)c1cc(CN2C[C@H](N(C)C)C[C@H]2C(=O)OC)ccc1O. The second-order valence-electron chi connectivity index (χ2n) is 6.16. The van der Waals surface area contributed by atoms with Crippen molar-refractivity contribution in [3.05, 3.63) is 29.3 Å². The van der Waals surface area contributed by atoms with Crippen molar-refractivity contribution in [2.75, 3.05) is 34.9 Å². The molecule has 1 fully saturated rings. The second-order valence-corrected chi connectivity index (χ2v) is 6.16. The lowest BCUT2D eigenvalue weighted by atomic mass is 10.1. The van der Waals surface area contributed by atoms with Crippen molar-refractivity contribution in [3.8, 4) is 5.75 Å². The van der Waals surface area contributed by atoms with Crippen LogP contribution in [0.1, 0.15) is 22.3 Å². The molecule has 0 radical (unpaired) electrons. The normalized spacial score (nSPS) is 21.0. The van der Waals surface area contributed by atoms with Gasteiger partial charge in [-0.25, -0.2) is 4.79 Å². The van der Waals surface area contributed by atoms with Crippen LogP contribution < -0.4 is 0 Å². The quantitative estimate of drug-likeness (QED) is 0.799. The lowest BCUT2D eigenvalue weighted by Crippen LogP contribution is -2.36. The molecule has 1 aliphatic rings. The first-order chi connectivity index (χ1) is 11.4. The summed E-state index contributed by atoms with van der Waals surface area (Å²) in [4.78, 5) is 27.9. The van der Waals surface area contributed by atoms with Gasteiger partial charge in [0.05, 0.1) is 14.2 Å². The molecule has 132 valence electrons. The number of phenols is 1. The Morgan fingerprint density at radius 3 is 2.58 bits per heavy atom. The van der Waals surface area contributed by atoms with E-state index in [0.717, 1.165) is 12.1 Å². The maximum atomic E-state index is 12.1. The molecule has 1 aromatic carbocycles. The van der Waals surface area contributed by atoms with Gasteiger partial charge in [-0.15, -0.1) is 0 Å². The third-order valence-corrected chi connectivity index (χ3v) is 4.44. The van der Waals surface area contributed by atoms with E-state index in [-0.39, 0.29) is 29.4 Å². The van der Waals surface area contributed by atoms with Gasteiger partial charge in [-0.05, 0) is 38.2 Å². The van der Waals surface area contributed by atoms with E-state index in [1.165, 1.54) is 20.3 Å². The monoisotopic (exact) mass is 336 g/mol. The van der Waals surface area contributed by atoms with Crippen LogP contribution in [0.25, 0.3) is 0 Å². The van der Waals surface area contributed by atoms with Crippen LogP contribution in [-0.4, -0.2) is 73.8 Å². The fourth-order valence-corrected chi connectivity index (χ4v) is 3.00. The lowest BCUT2D eigenvalue weighted by molar-refractivity contribution is -0.146. The smallest absolute Gasteiger partial charge is 0.341 e. The Bertz CT molecular complexity index is 617. The Labute approximate surface area is 141 Å². The minimum Gasteiger partial charge on any atom is -0.507 e. The van der Waals surface area contributed by atoms with Crippen LogP contribution in [-0.2, 0) is 20.8 Å². The summed E-state index contributed by atoms with van der Waals surface area (Å²) in [6, 6.07) is 4.73. The Balaban J connectivity index is 2.21. The zero-order chi connectivity index (χ0) is 17.9. The van der Waals surface area contributed by atoms with Gasteiger partial charge in [0, 0.05) is 19.1 Å². The van der Waals surface area contributed by atoms with E-state index >= 15 is 0 Å². The number of aromatic hydroxyl groups is 1. The van der Waals surface area contributed by atoms with Crippen molar-refractivity contribution in [3.63, 3.8) is 0 Å². The number of esters is 2. The van der Waals surface area contributed by atoms with Gasteiger partial charge in [0.25, 0.3) is 0 Å². The highest BCUT2D eigenvalue weighted by Crippen LogP contribution is 2.26. The lowest BCUT2D eigenvalue weighted by Gasteiger charge is -2.23. The average Bonchev–Trinajstić information content (AvgIpc) is 2.99. The van der Waals surface area contributed by atoms with Crippen LogP contribution in [0, 0.1) is 0 Å². The van der Waals surface area contributed by atoms with E-state index in [1.54, 1.807) is 12.1 Å². The number of nitrogens with zero attached hydrogens (tertiary/aromatic N) is 2. The van der Waals surface area contributed by atoms with E-state index in [4.69, 9.17) is 4.74 Å². The predicted molar refractivity (Wildman–Crippen MR) is 87.8 cm³/mol. The number of likely N-dealkylation sites (tertiary alicyclic amines) is 1. The second kappa shape index (κ2) is 7.63. The number of rotatable bonds is 5. The molecule has 7 heteroatoms. The zero-order valence-electron chi connectivity index (χ0n) is 14.5. The standard InChI is InChI=1S/C17H24N2O5/c1-18(2)12-8-14(17(22)24-4)19(10-12)9-11-5-6-15(20)13(7-11)16(21)23-3/h5-7,12,14,20H,8-10H2,1-4H3/t12-,14+/m1/s1. The summed E-state index contributed by atoms with van der Waals surface area (Å²) in [5.41, 5.74) is 0.939. The fourth-order valence-electron chi connectivity index (χ4n) is 3.00. The number of methoxy groups -OCH3 is 2. The van der Waals surface area contributed by atoms with Gasteiger partial charge in [-0.2, -0.15) is 0 Å². The van der Waals surface area contributed by atoms with Gasteiger partial charge < -0.3 is 19.5 Å². The van der Waals surface area contributed by atoms with Crippen LogP contribution in [0.15, 0.2) is 18.2 Å². The van der Waals surface area contributed by atoms with Gasteiger partial charge in [-0.3, -0.25) is 9.69 Å². The van der Waals surface area contributed by atoms with Gasteiger partial charge in [-0.1, -0.05) is 6.07 Å². The van der Waals surface area contributed by atoms with Crippen molar-refractivity contribution >= 4 is 11.9 Å². The number of ether oxygens (including phenoxy) is 2. The van der Waals surface area contributed by atoms with E-state index < -0.39 is 5.97 Å². The van der Waals surface area contributed by atoms with E-state index in [2.05, 4.69) is 9.64 Å². The molecule has 0 aromatic heterocycles. The summed E-state index contributed by atoms with van der Waals surface area (Å²) in [5.74, 6) is -0.972. The highest BCUT2D eigenvalue weighted by molar-refractivity contribution is 5.92. The molecule has 0 aliphatic carbocycles. The Morgan fingerprint density at radius 1 is 1.29 bits per heavy atom. The highest BCUT2D eigenvalue weighted by Gasteiger charge is 2.38. The molecule has 0 spiro atoms. The first-order valence-corrected chi connectivity index (χ1v) is 7.75. The molecule has 24 heavy (non-hydrogen) atoms. The number of hydrogen-bond acceptors (Lipinski definition) is 7. The number of phenolic OH excluding ortho intramolecular Hbond substituents is 1. The predicted octanol–water partition coefficient (Wildman–Crippen LogP) is 0.856. The molecule has 1 N–H and O–H groups in total. The zero-order valence-corrected chi connectivity index (χ0v) is 14.5. The number of carbonyl (C=O) groups excluding carboxylic acids is 2.